The first-order valence-electron chi connectivity index (χ1n) is 6.60. The van der Waals surface area contributed by atoms with Crippen LogP contribution in [0.3, 0.4) is 0 Å². The summed E-state index contributed by atoms with van der Waals surface area (Å²) in [5, 5.41) is 15.3. The minimum atomic E-state index is -0.309. The Hall–Kier alpha value is -1.55. The van der Waals surface area contributed by atoms with Crippen LogP contribution in [0.1, 0.15) is 38.1 Å². The van der Waals surface area contributed by atoms with E-state index in [-0.39, 0.29) is 24.0 Å². The Labute approximate surface area is 115 Å². The zero-order valence-electron chi connectivity index (χ0n) is 12.2. The molecule has 0 bridgehead atoms. The van der Waals surface area contributed by atoms with E-state index in [2.05, 4.69) is 10.6 Å². The van der Waals surface area contributed by atoms with E-state index in [9.17, 15) is 9.90 Å². The maximum absolute atomic E-state index is 12.2. The van der Waals surface area contributed by atoms with Gasteiger partial charge in [-0.3, -0.25) is 4.79 Å². The molecule has 4 heteroatoms. The fraction of sp³-hybridized carbons (Fsp3) is 0.533. The lowest BCUT2D eigenvalue weighted by molar-refractivity contribution is 0.0912. The summed E-state index contributed by atoms with van der Waals surface area (Å²) in [5.74, 6) is -0.120. The van der Waals surface area contributed by atoms with Gasteiger partial charge in [0, 0.05) is 30.3 Å². The van der Waals surface area contributed by atoms with Gasteiger partial charge in [-0.2, -0.15) is 0 Å². The van der Waals surface area contributed by atoms with Crippen molar-refractivity contribution >= 4 is 11.6 Å². The van der Waals surface area contributed by atoms with Gasteiger partial charge in [0.05, 0.1) is 5.56 Å². The van der Waals surface area contributed by atoms with Gasteiger partial charge in [-0.25, -0.2) is 0 Å². The average molecular weight is 264 g/mol. The molecule has 0 aliphatic heterocycles. The van der Waals surface area contributed by atoms with Crippen LogP contribution in [0.25, 0.3) is 0 Å². The molecule has 0 radical (unpaired) electrons. The highest BCUT2D eigenvalue weighted by molar-refractivity contribution is 5.99. The summed E-state index contributed by atoms with van der Waals surface area (Å²) in [5.41, 5.74) is 1.15. The lowest BCUT2D eigenvalue weighted by atomic mass is 9.95. The first-order chi connectivity index (χ1) is 8.85. The zero-order chi connectivity index (χ0) is 14.5. The predicted molar refractivity (Wildman–Crippen MR) is 78.4 cm³/mol. The van der Waals surface area contributed by atoms with Crippen LogP contribution in [-0.4, -0.2) is 30.2 Å². The molecule has 0 unspecified atom stereocenters. The third kappa shape index (κ3) is 4.91. The number of nitrogens with one attached hydrogen (secondary N) is 2. The lowest BCUT2D eigenvalue weighted by Crippen LogP contribution is -2.36. The third-order valence-corrected chi connectivity index (χ3v) is 2.77. The highest BCUT2D eigenvalue weighted by Gasteiger charge is 2.19. The highest BCUT2D eigenvalue weighted by Crippen LogP contribution is 2.17. The van der Waals surface area contributed by atoms with Crippen LogP contribution in [-0.2, 0) is 0 Å². The van der Waals surface area contributed by atoms with Gasteiger partial charge in [0.1, 0.15) is 0 Å². The number of amides is 1. The Morgan fingerprint density at radius 2 is 1.95 bits per heavy atom. The molecule has 0 spiro atoms. The Kier molecular flexibility index (Phi) is 5.36. The first-order valence-corrected chi connectivity index (χ1v) is 6.60. The minimum absolute atomic E-state index is 0.0408. The summed E-state index contributed by atoms with van der Waals surface area (Å²) in [6.07, 6.45) is 0. The van der Waals surface area contributed by atoms with Gasteiger partial charge in [0.2, 0.25) is 0 Å². The fourth-order valence-electron chi connectivity index (χ4n) is 1.59. The number of aliphatic hydroxyl groups is 1. The Bertz CT molecular complexity index is 428. The van der Waals surface area contributed by atoms with E-state index in [0.717, 1.165) is 5.69 Å². The molecule has 1 amide bonds. The van der Waals surface area contributed by atoms with E-state index in [1.54, 1.807) is 6.07 Å². The zero-order valence-corrected chi connectivity index (χ0v) is 12.2. The van der Waals surface area contributed by atoms with Crippen molar-refractivity contribution in [3.63, 3.8) is 0 Å². The van der Waals surface area contributed by atoms with Crippen LogP contribution in [0.2, 0.25) is 0 Å². The lowest BCUT2D eigenvalue weighted by Gasteiger charge is -2.22. The number of anilines is 1. The van der Waals surface area contributed by atoms with Crippen molar-refractivity contribution in [3.05, 3.63) is 29.8 Å². The van der Waals surface area contributed by atoms with Crippen molar-refractivity contribution in [3.8, 4) is 0 Å². The van der Waals surface area contributed by atoms with E-state index in [0.29, 0.717) is 12.1 Å². The molecular formula is C15H24N2O2. The number of para-hydroxylation sites is 1. The van der Waals surface area contributed by atoms with Crippen LogP contribution in [0.5, 0.6) is 0 Å². The van der Waals surface area contributed by atoms with Gasteiger partial charge < -0.3 is 15.7 Å². The second kappa shape index (κ2) is 6.57. The van der Waals surface area contributed by atoms with Gasteiger partial charge in [0.25, 0.3) is 5.91 Å². The summed E-state index contributed by atoms with van der Waals surface area (Å²) in [7, 11) is 0. The number of aliphatic hydroxyl groups excluding tert-OH is 1. The van der Waals surface area contributed by atoms with E-state index in [4.69, 9.17) is 0 Å². The maximum Gasteiger partial charge on any atom is 0.253 e. The Balaban J connectivity index is 2.77. The monoisotopic (exact) mass is 264 g/mol. The predicted octanol–water partition coefficient (Wildman–Crippen LogP) is 2.26. The summed E-state index contributed by atoms with van der Waals surface area (Å²) >= 11 is 0. The van der Waals surface area contributed by atoms with Crippen LogP contribution < -0.4 is 10.6 Å². The van der Waals surface area contributed by atoms with Crippen LogP contribution in [0, 0.1) is 5.41 Å². The van der Waals surface area contributed by atoms with Gasteiger partial charge in [-0.1, -0.05) is 26.0 Å². The average Bonchev–Trinajstić information content (AvgIpc) is 2.36. The highest BCUT2D eigenvalue weighted by atomic mass is 16.3. The molecule has 0 fully saturated rings. The molecule has 3 N–H and O–H groups in total. The fourth-order valence-corrected chi connectivity index (χ4v) is 1.59. The molecule has 0 saturated carbocycles. The van der Waals surface area contributed by atoms with E-state index >= 15 is 0 Å². The van der Waals surface area contributed by atoms with Crippen molar-refractivity contribution in [2.24, 2.45) is 5.41 Å². The minimum Gasteiger partial charge on any atom is -0.396 e. The molecule has 19 heavy (non-hydrogen) atoms. The molecule has 106 valence electrons. The van der Waals surface area contributed by atoms with Gasteiger partial charge >= 0.3 is 0 Å². The molecule has 0 aliphatic rings. The number of hydrogen-bond donors (Lipinski definition) is 3. The first kappa shape index (κ1) is 15.5. The molecule has 0 heterocycles. The van der Waals surface area contributed by atoms with E-state index in [1.165, 1.54) is 0 Å². The van der Waals surface area contributed by atoms with Crippen molar-refractivity contribution in [1.82, 2.24) is 5.32 Å². The van der Waals surface area contributed by atoms with Gasteiger partial charge in [0.15, 0.2) is 0 Å². The molecule has 0 aromatic heterocycles. The summed E-state index contributed by atoms with van der Waals surface area (Å²) in [4.78, 5) is 12.2. The quantitative estimate of drug-likeness (QED) is 0.738. The summed E-state index contributed by atoms with van der Waals surface area (Å²) in [6, 6.07) is 7.71. The molecule has 1 rings (SSSR count). The third-order valence-electron chi connectivity index (χ3n) is 2.77. The van der Waals surface area contributed by atoms with Crippen LogP contribution >= 0.6 is 0 Å². The molecule has 4 nitrogen and oxygen atoms in total. The van der Waals surface area contributed by atoms with Crippen molar-refractivity contribution in [1.29, 1.82) is 0 Å². The van der Waals surface area contributed by atoms with Crippen LogP contribution in [0.15, 0.2) is 24.3 Å². The van der Waals surface area contributed by atoms with Crippen molar-refractivity contribution in [2.75, 3.05) is 18.5 Å². The Morgan fingerprint density at radius 1 is 1.32 bits per heavy atom. The summed E-state index contributed by atoms with van der Waals surface area (Å²) < 4.78 is 0. The second-order valence-corrected chi connectivity index (χ2v) is 5.85. The molecular weight excluding hydrogens is 240 g/mol. The molecule has 1 aromatic rings. The number of benzene rings is 1. The largest absolute Gasteiger partial charge is 0.396 e. The standard InChI is InChI=1S/C15H24N2O2/c1-11(2)17-13-8-6-5-7-12(13)14(19)16-9-15(3,4)10-18/h5-8,11,17-18H,9-10H2,1-4H3,(H,16,19). The molecule has 0 aliphatic carbocycles. The van der Waals surface area contributed by atoms with E-state index in [1.807, 2.05) is 45.9 Å². The number of carbonyl (C=O) groups is 1. The molecule has 0 atom stereocenters. The molecule has 1 aromatic carbocycles. The van der Waals surface area contributed by atoms with Gasteiger partial charge in [-0.05, 0) is 26.0 Å². The van der Waals surface area contributed by atoms with Crippen LogP contribution in [0.4, 0.5) is 5.69 Å². The second-order valence-electron chi connectivity index (χ2n) is 5.85. The smallest absolute Gasteiger partial charge is 0.253 e. The van der Waals surface area contributed by atoms with E-state index < -0.39 is 0 Å². The van der Waals surface area contributed by atoms with Gasteiger partial charge in [-0.15, -0.1) is 0 Å². The van der Waals surface area contributed by atoms with Crippen molar-refractivity contribution in [2.45, 2.75) is 33.7 Å². The SMILES string of the molecule is CC(C)Nc1ccccc1C(=O)NCC(C)(C)CO. The number of hydrogen-bond acceptors (Lipinski definition) is 3. The number of carbonyl (C=O) groups excluding carboxylic acids is 1. The maximum atomic E-state index is 12.2. The normalized spacial score (nSPS) is 11.5. The summed E-state index contributed by atoms with van der Waals surface area (Å²) in [6.45, 7) is 8.36. The molecule has 0 saturated heterocycles. The van der Waals surface area contributed by atoms with Crippen molar-refractivity contribution < 1.29 is 9.90 Å². The number of rotatable bonds is 6. The topological polar surface area (TPSA) is 61.4 Å². The Morgan fingerprint density at radius 3 is 2.53 bits per heavy atom.